The molecule has 3 N–H and O–H groups in total. The van der Waals surface area contributed by atoms with E-state index in [4.69, 9.17) is 5.84 Å². The zero-order valence-corrected chi connectivity index (χ0v) is 16.5. The van der Waals surface area contributed by atoms with E-state index in [0.29, 0.717) is 11.0 Å². The van der Waals surface area contributed by atoms with Crippen LogP contribution in [0.2, 0.25) is 0 Å². The van der Waals surface area contributed by atoms with Crippen molar-refractivity contribution in [2.75, 3.05) is 16.9 Å². The summed E-state index contributed by atoms with van der Waals surface area (Å²) in [4.78, 5) is 12.1. The number of anilines is 1. The van der Waals surface area contributed by atoms with Gasteiger partial charge in [-0.2, -0.15) is 0 Å². The predicted octanol–water partition coefficient (Wildman–Crippen LogP) is 3.71. The molecular formula is C18H18BrN5OS. The fraction of sp³-hybridized carbons (Fsp3) is 0.167. The van der Waals surface area contributed by atoms with E-state index in [1.165, 1.54) is 22.0 Å². The van der Waals surface area contributed by atoms with Crippen LogP contribution in [0, 0.1) is 0 Å². The Labute approximate surface area is 164 Å². The molecule has 1 amide bonds. The van der Waals surface area contributed by atoms with Gasteiger partial charge >= 0.3 is 0 Å². The standard InChI is InChI=1S/C18H18BrN5OS/c1-2-12-7-9-13(10-8-12)21-16(25)11-26-18-23-22-17(24(18)20)14-5-3-4-6-15(14)19/h3-10H,2,11,20H2,1H3,(H,21,25). The Morgan fingerprint density at radius 2 is 1.92 bits per heavy atom. The minimum Gasteiger partial charge on any atom is -0.335 e. The molecule has 3 aromatic rings. The number of carbonyl (C=O) groups is 1. The SMILES string of the molecule is CCc1ccc(NC(=O)CSc2nnc(-c3ccccc3Br)n2N)cc1. The van der Waals surface area contributed by atoms with Crippen LogP contribution >= 0.6 is 27.7 Å². The van der Waals surface area contributed by atoms with Crippen LogP contribution < -0.4 is 11.2 Å². The Morgan fingerprint density at radius 3 is 2.62 bits per heavy atom. The van der Waals surface area contributed by atoms with Crippen LogP contribution in [0.4, 0.5) is 5.69 Å². The average Bonchev–Trinajstić information content (AvgIpc) is 3.01. The van der Waals surface area contributed by atoms with E-state index < -0.39 is 0 Å². The van der Waals surface area contributed by atoms with Gasteiger partial charge in [0.15, 0.2) is 5.82 Å². The Morgan fingerprint density at radius 1 is 1.19 bits per heavy atom. The number of nitrogens with two attached hydrogens (primary N) is 1. The van der Waals surface area contributed by atoms with Gasteiger partial charge < -0.3 is 11.2 Å². The Balaban J connectivity index is 1.63. The van der Waals surface area contributed by atoms with E-state index in [1.807, 2.05) is 48.5 Å². The molecule has 0 fully saturated rings. The maximum Gasteiger partial charge on any atom is 0.234 e. The van der Waals surface area contributed by atoms with Crippen molar-refractivity contribution in [1.29, 1.82) is 0 Å². The molecule has 0 bridgehead atoms. The zero-order chi connectivity index (χ0) is 18.5. The van der Waals surface area contributed by atoms with Gasteiger partial charge in [0.2, 0.25) is 11.1 Å². The van der Waals surface area contributed by atoms with Gasteiger partial charge in [0.05, 0.1) is 5.75 Å². The fourth-order valence-corrected chi connectivity index (χ4v) is 3.47. The fourth-order valence-electron chi connectivity index (χ4n) is 2.35. The molecule has 0 saturated heterocycles. The molecule has 0 radical (unpaired) electrons. The number of hydrogen-bond donors (Lipinski definition) is 2. The topological polar surface area (TPSA) is 85.8 Å². The Bertz CT molecular complexity index is 910. The molecule has 0 aliphatic heterocycles. The smallest absolute Gasteiger partial charge is 0.234 e. The first-order chi connectivity index (χ1) is 12.6. The van der Waals surface area contributed by atoms with E-state index in [9.17, 15) is 4.79 Å². The molecular weight excluding hydrogens is 414 g/mol. The lowest BCUT2D eigenvalue weighted by atomic mass is 10.1. The van der Waals surface area contributed by atoms with Crippen LogP contribution in [0.1, 0.15) is 12.5 Å². The maximum atomic E-state index is 12.1. The van der Waals surface area contributed by atoms with Gasteiger partial charge in [0.25, 0.3) is 0 Å². The number of nitrogens with one attached hydrogen (secondary N) is 1. The number of amides is 1. The molecule has 26 heavy (non-hydrogen) atoms. The quantitative estimate of drug-likeness (QED) is 0.458. The third kappa shape index (κ3) is 4.25. The van der Waals surface area contributed by atoms with Crippen LogP contribution in [0.3, 0.4) is 0 Å². The van der Waals surface area contributed by atoms with Crippen molar-refractivity contribution < 1.29 is 4.79 Å². The second-order valence-corrected chi connectivity index (χ2v) is 7.34. The summed E-state index contributed by atoms with van der Waals surface area (Å²) in [6, 6.07) is 15.4. The molecule has 134 valence electrons. The number of rotatable bonds is 6. The van der Waals surface area contributed by atoms with Gasteiger partial charge in [0, 0.05) is 15.7 Å². The van der Waals surface area contributed by atoms with Crippen molar-refractivity contribution in [2.45, 2.75) is 18.5 Å². The first kappa shape index (κ1) is 18.5. The monoisotopic (exact) mass is 431 g/mol. The summed E-state index contributed by atoms with van der Waals surface area (Å²) >= 11 is 4.72. The van der Waals surface area contributed by atoms with Crippen LogP contribution in [0.5, 0.6) is 0 Å². The summed E-state index contributed by atoms with van der Waals surface area (Å²) < 4.78 is 2.28. The molecule has 2 aromatic carbocycles. The van der Waals surface area contributed by atoms with Crippen molar-refractivity contribution in [3.8, 4) is 11.4 Å². The highest BCUT2D eigenvalue weighted by atomic mass is 79.9. The lowest BCUT2D eigenvalue weighted by molar-refractivity contribution is -0.113. The lowest BCUT2D eigenvalue weighted by Crippen LogP contribution is -2.16. The second-order valence-electron chi connectivity index (χ2n) is 5.54. The van der Waals surface area contributed by atoms with Gasteiger partial charge in [-0.25, -0.2) is 4.68 Å². The largest absolute Gasteiger partial charge is 0.335 e. The third-order valence-electron chi connectivity index (χ3n) is 3.76. The van der Waals surface area contributed by atoms with Gasteiger partial charge in [-0.15, -0.1) is 10.2 Å². The number of nitrogens with zero attached hydrogens (tertiary/aromatic N) is 3. The highest BCUT2D eigenvalue weighted by Crippen LogP contribution is 2.27. The van der Waals surface area contributed by atoms with Gasteiger partial charge in [-0.1, -0.05) is 58.9 Å². The number of thioether (sulfide) groups is 1. The molecule has 8 heteroatoms. The van der Waals surface area contributed by atoms with Crippen LogP contribution in [-0.4, -0.2) is 26.5 Å². The van der Waals surface area contributed by atoms with Crippen molar-refractivity contribution in [1.82, 2.24) is 14.9 Å². The summed E-state index contributed by atoms with van der Waals surface area (Å²) in [7, 11) is 0. The molecule has 0 aliphatic carbocycles. The van der Waals surface area contributed by atoms with Gasteiger partial charge in [0.1, 0.15) is 0 Å². The molecule has 0 atom stereocenters. The summed E-state index contributed by atoms with van der Waals surface area (Å²) in [5, 5.41) is 11.6. The highest BCUT2D eigenvalue weighted by molar-refractivity contribution is 9.10. The van der Waals surface area contributed by atoms with E-state index in [0.717, 1.165) is 22.1 Å². The molecule has 1 heterocycles. The van der Waals surface area contributed by atoms with E-state index in [-0.39, 0.29) is 11.7 Å². The molecule has 1 aromatic heterocycles. The maximum absolute atomic E-state index is 12.1. The second kappa shape index (κ2) is 8.37. The normalized spacial score (nSPS) is 10.7. The van der Waals surface area contributed by atoms with Gasteiger partial charge in [-0.3, -0.25) is 4.79 Å². The van der Waals surface area contributed by atoms with E-state index in [2.05, 4.69) is 38.4 Å². The number of aromatic nitrogens is 3. The highest BCUT2D eigenvalue weighted by Gasteiger charge is 2.15. The number of carbonyl (C=O) groups excluding carboxylic acids is 1. The summed E-state index contributed by atoms with van der Waals surface area (Å²) in [5.41, 5.74) is 2.85. The Kier molecular flexibility index (Phi) is 5.95. The molecule has 6 nitrogen and oxygen atoms in total. The molecule has 0 aliphatic rings. The molecule has 3 rings (SSSR count). The van der Waals surface area contributed by atoms with Crippen molar-refractivity contribution >= 4 is 39.3 Å². The summed E-state index contributed by atoms with van der Waals surface area (Å²) in [6.07, 6.45) is 0.968. The van der Waals surface area contributed by atoms with Crippen molar-refractivity contribution in [3.63, 3.8) is 0 Å². The predicted molar refractivity (Wildman–Crippen MR) is 108 cm³/mol. The molecule has 0 unspecified atom stereocenters. The van der Waals surface area contributed by atoms with Crippen LogP contribution in [0.25, 0.3) is 11.4 Å². The number of aryl methyl sites for hydroxylation is 1. The number of nitrogen functional groups attached to an aromatic ring is 1. The van der Waals surface area contributed by atoms with Crippen molar-refractivity contribution in [2.24, 2.45) is 0 Å². The minimum atomic E-state index is -0.121. The first-order valence-electron chi connectivity index (χ1n) is 8.05. The third-order valence-corrected chi connectivity index (χ3v) is 5.39. The number of benzene rings is 2. The molecule has 0 saturated carbocycles. The minimum absolute atomic E-state index is 0.121. The van der Waals surface area contributed by atoms with E-state index >= 15 is 0 Å². The Hall–Kier alpha value is -2.32. The number of hydrogen-bond acceptors (Lipinski definition) is 5. The first-order valence-corrected chi connectivity index (χ1v) is 9.83. The zero-order valence-electron chi connectivity index (χ0n) is 14.1. The average molecular weight is 432 g/mol. The molecule has 0 spiro atoms. The lowest BCUT2D eigenvalue weighted by Gasteiger charge is -2.07. The number of halogens is 1. The summed E-state index contributed by atoms with van der Waals surface area (Å²) in [5.74, 6) is 6.71. The summed E-state index contributed by atoms with van der Waals surface area (Å²) in [6.45, 7) is 2.09. The van der Waals surface area contributed by atoms with Crippen LogP contribution in [-0.2, 0) is 11.2 Å². The van der Waals surface area contributed by atoms with Crippen LogP contribution in [0.15, 0.2) is 58.2 Å². The van der Waals surface area contributed by atoms with E-state index in [1.54, 1.807) is 0 Å². The van der Waals surface area contributed by atoms with Gasteiger partial charge in [-0.05, 0) is 36.2 Å². The van der Waals surface area contributed by atoms with Crippen molar-refractivity contribution in [3.05, 3.63) is 58.6 Å².